The number of likely N-dealkylation sites (tertiary alicyclic amines) is 2. The van der Waals surface area contributed by atoms with Crippen LogP contribution in [0.5, 0.6) is 5.75 Å². The topological polar surface area (TPSA) is 155 Å². The van der Waals surface area contributed by atoms with Crippen molar-refractivity contribution in [2.24, 2.45) is 11.3 Å². The number of anilines is 2. The molecule has 67 heavy (non-hydrogen) atoms. The van der Waals surface area contributed by atoms with Crippen LogP contribution in [0.1, 0.15) is 108 Å². The number of carbonyl (C=O) groups is 4. The quantitative estimate of drug-likeness (QED) is 0.162. The fraction of sp³-hybridized carbons (Fsp3) is 0.481. The van der Waals surface area contributed by atoms with E-state index in [9.17, 15) is 24.4 Å². The van der Waals surface area contributed by atoms with Gasteiger partial charge in [-0.3, -0.25) is 29.4 Å². The Morgan fingerprint density at radius 2 is 1.55 bits per heavy atom. The minimum atomic E-state index is -0.956. The van der Waals surface area contributed by atoms with Crippen LogP contribution >= 0.6 is 11.6 Å². The number of hydrogen-bond acceptors (Lipinski definition) is 12. The van der Waals surface area contributed by atoms with Gasteiger partial charge < -0.3 is 24.3 Å². The molecule has 4 aromatic rings. The monoisotopic (exact) mass is 923 g/mol. The summed E-state index contributed by atoms with van der Waals surface area (Å²) in [5.74, 6) is 0.270. The molecule has 5 fully saturated rings. The van der Waals surface area contributed by atoms with E-state index in [-0.39, 0.29) is 24.2 Å². The molecule has 1 spiro atoms. The maximum atomic E-state index is 13.4. The lowest BCUT2D eigenvalue weighted by molar-refractivity contribution is -0.136. The highest BCUT2D eigenvalue weighted by Crippen LogP contribution is 2.43. The zero-order valence-electron chi connectivity index (χ0n) is 38.4. The molecular weight excluding hydrogens is 866 g/mol. The summed E-state index contributed by atoms with van der Waals surface area (Å²) in [7, 11) is 0. The molecule has 10 rings (SSSR count). The van der Waals surface area contributed by atoms with Crippen LogP contribution < -0.4 is 19.9 Å². The molecule has 15 heteroatoms. The summed E-state index contributed by atoms with van der Waals surface area (Å²) in [6, 6.07) is 22.8. The van der Waals surface area contributed by atoms with E-state index < -0.39 is 23.8 Å². The number of fused-ring (bicyclic) bond motifs is 1. The SMILES string of the molecule is CC(C)(c1ccc(OCc2ccnc(N3CC4(CCN(C5CCN(CC6CCN(c7ccc8c(c7)C(=O)N(C7CCC(=O)NC7=O)C8=O)CC6)CC5)CC4)C3)n2)cc1)c1cc(Cl)cc(C#N)c1. The van der Waals surface area contributed by atoms with Crippen LogP contribution in [-0.4, -0.2) is 119 Å². The normalized spacial score (nSPS) is 21.9. The predicted molar refractivity (Wildman–Crippen MR) is 254 cm³/mol. The number of aromatic nitrogens is 2. The standard InChI is InChI=1S/C52H58ClN9O5/c1-51(2,37-25-35(29-54)26-38(53)27-37)36-3-6-42(7-4-36)67-31-39-11-18-55-50(56-39)61-32-52(33-61)16-23-60(24-17-52)40-14-19-58(20-15-40)30-34-12-21-59(22-13-34)41-5-8-43-44(28-41)49(66)62(48(43)65)45-9-10-46(63)57-47(45)64/h3-8,11,18,25-28,34,40,45H,9-10,12-17,19-24,30-33H2,1-2H3,(H,57,63,64). The molecular formula is C52H58ClN9O5. The van der Waals surface area contributed by atoms with Crippen LogP contribution in [0.3, 0.4) is 0 Å². The van der Waals surface area contributed by atoms with Gasteiger partial charge in [-0.05, 0) is 143 Å². The minimum absolute atomic E-state index is 0.105. The number of rotatable bonds is 11. The molecule has 0 bridgehead atoms. The lowest BCUT2D eigenvalue weighted by Crippen LogP contribution is -2.62. The largest absolute Gasteiger partial charge is 0.487 e. The van der Waals surface area contributed by atoms with Crippen molar-refractivity contribution in [3.63, 3.8) is 0 Å². The number of carbonyl (C=O) groups excluding carboxylic acids is 4. The Balaban J connectivity index is 0.638. The van der Waals surface area contributed by atoms with Crippen molar-refractivity contribution in [2.75, 3.05) is 68.7 Å². The first-order chi connectivity index (χ1) is 32.3. The van der Waals surface area contributed by atoms with Gasteiger partial charge in [0, 0.05) is 72.9 Å². The number of piperidine rings is 4. The maximum Gasteiger partial charge on any atom is 0.262 e. The second-order valence-electron chi connectivity index (χ2n) is 20.2. The summed E-state index contributed by atoms with van der Waals surface area (Å²) in [5.41, 5.74) is 5.06. The van der Waals surface area contributed by atoms with Gasteiger partial charge in [0.1, 0.15) is 18.4 Å². The second-order valence-corrected chi connectivity index (χ2v) is 20.6. The zero-order valence-corrected chi connectivity index (χ0v) is 39.1. The summed E-state index contributed by atoms with van der Waals surface area (Å²) in [6.45, 7) is 14.1. The number of ether oxygens (including phenoxy) is 1. The molecule has 14 nitrogen and oxygen atoms in total. The molecule has 1 N–H and O–H groups in total. The predicted octanol–water partition coefficient (Wildman–Crippen LogP) is 6.59. The summed E-state index contributed by atoms with van der Waals surface area (Å²) < 4.78 is 6.17. The van der Waals surface area contributed by atoms with Gasteiger partial charge in [0.05, 0.1) is 28.5 Å². The van der Waals surface area contributed by atoms with E-state index in [2.05, 4.69) is 61.9 Å². The first-order valence-electron chi connectivity index (χ1n) is 23.9. The Bertz CT molecular complexity index is 2600. The minimum Gasteiger partial charge on any atom is -0.487 e. The molecule has 0 radical (unpaired) electrons. The average molecular weight is 925 g/mol. The van der Waals surface area contributed by atoms with Crippen molar-refractivity contribution < 1.29 is 23.9 Å². The Labute approximate surface area is 397 Å². The van der Waals surface area contributed by atoms with Gasteiger partial charge in [-0.15, -0.1) is 0 Å². The van der Waals surface area contributed by atoms with Crippen LogP contribution in [-0.2, 0) is 21.6 Å². The number of amides is 4. The van der Waals surface area contributed by atoms with Gasteiger partial charge in [0.15, 0.2) is 0 Å². The maximum absolute atomic E-state index is 13.4. The highest BCUT2D eigenvalue weighted by molar-refractivity contribution is 6.30. The molecule has 348 valence electrons. The Morgan fingerprint density at radius 1 is 0.821 bits per heavy atom. The molecule has 6 aliphatic heterocycles. The second kappa shape index (κ2) is 18.3. The van der Waals surface area contributed by atoms with Crippen molar-refractivity contribution in [1.82, 2.24) is 30.0 Å². The zero-order chi connectivity index (χ0) is 46.5. The third-order valence-electron chi connectivity index (χ3n) is 15.6. The number of nitrogens with one attached hydrogen (secondary N) is 1. The Hall–Kier alpha value is -5.88. The van der Waals surface area contributed by atoms with Crippen LogP contribution in [0.4, 0.5) is 11.6 Å². The molecule has 1 atom stereocenters. The summed E-state index contributed by atoms with van der Waals surface area (Å²) in [4.78, 5) is 71.3. The van der Waals surface area contributed by atoms with Crippen molar-refractivity contribution >= 4 is 46.9 Å². The Morgan fingerprint density at radius 3 is 2.27 bits per heavy atom. The molecule has 1 aromatic heterocycles. The average Bonchev–Trinajstić information content (AvgIpc) is 3.58. The lowest BCUT2D eigenvalue weighted by atomic mass is 9.71. The van der Waals surface area contributed by atoms with E-state index in [0.29, 0.717) is 45.7 Å². The van der Waals surface area contributed by atoms with E-state index in [1.54, 1.807) is 12.1 Å². The summed E-state index contributed by atoms with van der Waals surface area (Å²) >= 11 is 6.32. The fourth-order valence-corrected chi connectivity index (χ4v) is 11.6. The van der Waals surface area contributed by atoms with Crippen molar-refractivity contribution in [3.8, 4) is 11.8 Å². The van der Waals surface area contributed by atoms with Gasteiger partial charge >= 0.3 is 0 Å². The highest BCUT2D eigenvalue weighted by Gasteiger charge is 2.47. The molecule has 3 aromatic carbocycles. The van der Waals surface area contributed by atoms with Crippen molar-refractivity contribution in [1.29, 1.82) is 5.26 Å². The molecule has 4 amide bonds. The van der Waals surface area contributed by atoms with Crippen LogP contribution in [0.2, 0.25) is 5.02 Å². The van der Waals surface area contributed by atoms with Crippen LogP contribution in [0.25, 0.3) is 0 Å². The molecule has 5 saturated heterocycles. The molecule has 0 aliphatic carbocycles. The third kappa shape index (κ3) is 9.13. The van der Waals surface area contributed by atoms with Crippen LogP contribution in [0.15, 0.2) is 72.9 Å². The molecule has 0 saturated carbocycles. The molecule has 7 heterocycles. The number of halogens is 1. The Kier molecular flexibility index (Phi) is 12.3. The fourth-order valence-electron chi connectivity index (χ4n) is 11.4. The van der Waals surface area contributed by atoms with E-state index in [1.165, 1.54) is 25.7 Å². The highest BCUT2D eigenvalue weighted by atomic mass is 35.5. The van der Waals surface area contributed by atoms with Gasteiger partial charge in [-0.1, -0.05) is 37.6 Å². The summed E-state index contributed by atoms with van der Waals surface area (Å²) in [5, 5.41) is 12.3. The smallest absolute Gasteiger partial charge is 0.262 e. The molecule has 1 unspecified atom stereocenters. The van der Waals surface area contributed by atoms with Gasteiger partial charge in [-0.25, -0.2) is 9.97 Å². The number of nitrogens with zero attached hydrogens (tertiary/aromatic N) is 8. The van der Waals surface area contributed by atoms with Crippen molar-refractivity contribution in [2.45, 2.75) is 89.3 Å². The van der Waals surface area contributed by atoms with Gasteiger partial charge in [-0.2, -0.15) is 5.26 Å². The summed E-state index contributed by atoms with van der Waals surface area (Å²) in [6.07, 6.45) is 9.10. The number of imide groups is 2. The number of nitriles is 1. The van der Waals surface area contributed by atoms with E-state index >= 15 is 0 Å². The van der Waals surface area contributed by atoms with Gasteiger partial charge in [0.2, 0.25) is 17.8 Å². The van der Waals surface area contributed by atoms with Crippen LogP contribution in [0, 0.1) is 22.7 Å². The number of hydrogen-bond donors (Lipinski definition) is 1. The van der Waals surface area contributed by atoms with Crippen molar-refractivity contribution in [3.05, 3.63) is 111 Å². The lowest BCUT2D eigenvalue weighted by Gasteiger charge is -2.55. The van der Waals surface area contributed by atoms with E-state index in [0.717, 1.165) is 111 Å². The van der Waals surface area contributed by atoms with Gasteiger partial charge in [0.25, 0.3) is 11.8 Å². The number of benzene rings is 3. The van der Waals surface area contributed by atoms with E-state index in [1.807, 2.05) is 48.7 Å². The van der Waals surface area contributed by atoms with E-state index in [4.69, 9.17) is 21.3 Å². The first kappa shape index (κ1) is 44.9. The third-order valence-corrected chi connectivity index (χ3v) is 15.8. The first-order valence-corrected chi connectivity index (χ1v) is 24.3. The molecule has 6 aliphatic rings.